The molecule has 190 valence electrons. The van der Waals surface area contributed by atoms with Crippen molar-refractivity contribution < 1.29 is 23.0 Å². The predicted molar refractivity (Wildman–Crippen MR) is 140 cm³/mol. The van der Waals surface area contributed by atoms with E-state index in [1.165, 1.54) is 6.20 Å². The summed E-state index contributed by atoms with van der Waals surface area (Å²) < 4.78 is 38.4. The van der Waals surface area contributed by atoms with Crippen molar-refractivity contribution in [3.05, 3.63) is 96.2 Å². The lowest BCUT2D eigenvalue weighted by molar-refractivity contribution is 0.242. The van der Waals surface area contributed by atoms with Crippen molar-refractivity contribution in [1.29, 1.82) is 0 Å². The van der Waals surface area contributed by atoms with Gasteiger partial charge in [-0.25, -0.2) is 4.79 Å². The average Bonchev–Trinajstić information content (AvgIpc) is 2.90. The number of benzene rings is 3. The molecule has 0 radical (unpaired) electrons. The first kappa shape index (κ1) is 26.7. The number of anilines is 1. The maximum absolute atomic E-state index is 12.2. The first-order valence-corrected chi connectivity index (χ1v) is 12.1. The quantitative estimate of drug-likeness (QED) is 0.176. The number of nitrogens with one attached hydrogen (secondary N) is 3. The zero-order valence-electron chi connectivity index (χ0n) is 19.5. The summed E-state index contributed by atoms with van der Waals surface area (Å²) in [6.45, 7) is 1.29. The molecule has 2 amide bonds. The van der Waals surface area contributed by atoms with Gasteiger partial charge in [0.2, 0.25) is 0 Å². The summed E-state index contributed by atoms with van der Waals surface area (Å²) in [6, 6.07) is 23.3. The topological polar surface area (TPSA) is 97.6 Å². The van der Waals surface area contributed by atoms with E-state index in [-0.39, 0.29) is 6.03 Å². The molecule has 3 aromatic rings. The van der Waals surface area contributed by atoms with E-state index in [0.29, 0.717) is 55.3 Å². The Hall–Kier alpha value is -3.92. The van der Waals surface area contributed by atoms with E-state index in [4.69, 9.17) is 15.2 Å². The molecule has 0 bridgehead atoms. The van der Waals surface area contributed by atoms with Crippen LogP contribution in [0.4, 0.5) is 19.3 Å². The van der Waals surface area contributed by atoms with Crippen molar-refractivity contribution in [1.82, 2.24) is 10.6 Å². The molecule has 36 heavy (non-hydrogen) atoms. The number of nitrogens with two attached hydrogens (primary N) is 1. The van der Waals surface area contributed by atoms with E-state index >= 15 is 0 Å². The van der Waals surface area contributed by atoms with E-state index in [9.17, 15) is 13.6 Å². The molecule has 3 aromatic carbocycles. The van der Waals surface area contributed by atoms with Gasteiger partial charge in [0.25, 0.3) is 0 Å². The molecular weight excluding hydrogens is 486 g/mol. The largest absolute Gasteiger partial charge is 0.494 e. The fraction of sp³-hybridized carbons (Fsp3) is 0.192. The van der Waals surface area contributed by atoms with Gasteiger partial charge in [0.1, 0.15) is 18.1 Å². The van der Waals surface area contributed by atoms with Gasteiger partial charge in [-0.2, -0.15) is 8.78 Å². The van der Waals surface area contributed by atoms with E-state index in [1.54, 1.807) is 48.5 Å². The van der Waals surface area contributed by atoms with Gasteiger partial charge in [-0.1, -0.05) is 30.3 Å². The number of hydrogen-bond acceptors (Lipinski definition) is 6. The Morgan fingerprint density at radius 3 is 2.33 bits per heavy atom. The highest BCUT2D eigenvalue weighted by molar-refractivity contribution is 8.00. The summed E-state index contributed by atoms with van der Waals surface area (Å²) in [7, 11) is 0. The Morgan fingerprint density at radius 2 is 1.64 bits per heavy atom. The van der Waals surface area contributed by atoms with Crippen LogP contribution in [0, 0.1) is 0 Å². The Labute approximate surface area is 213 Å². The number of hydrogen-bond donors (Lipinski definition) is 4. The van der Waals surface area contributed by atoms with E-state index in [1.807, 2.05) is 30.3 Å². The minimum Gasteiger partial charge on any atom is -0.494 e. The summed E-state index contributed by atoms with van der Waals surface area (Å²) in [4.78, 5) is 12.0. The highest BCUT2D eigenvalue weighted by Crippen LogP contribution is 2.20. The van der Waals surface area contributed by atoms with E-state index in [0.717, 1.165) is 16.9 Å². The van der Waals surface area contributed by atoms with Crippen LogP contribution in [0.2, 0.25) is 0 Å². The van der Waals surface area contributed by atoms with Gasteiger partial charge >= 0.3 is 11.8 Å². The summed E-state index contributed by atoms with van der Waals surface area (Å²) in [6.07, 6.45) is 2.11. The lowest BCUT2D eigenvalue weighted by Gasteiger charge is -2.10. The number of amides is 2. The molecule has 0 heterocycles. The molecule has 0 aliphatic rings. The van der Waals surface area contributed by atoms with Gasteiger partial charge in [-0.05, 0) is 66.1 Å². The first-order valence-electron chi connectivity index (χ1n) is 11.2. The van der Waals surface area contributed by atoms with Crippen molar-refractivity contribution in [3.63, 3.8) is 0 Å². The van der Waals surface area contributed by atoms with Crippen LogP contribution in [-0.2, 0) is 6.61 Å². The molecule has 3 rings (SSSR count). The summed E-state index contributed by atoms with van der Waals surface area (Å²) in [5.74, 6) is -1.04. The van der Waals surface area contributed by atoms with Gasteiger partial charge in [0, 0.05) is 30.4 Å². The molecule has 5 N–H and O–H groups in total. The molecule has 10 heteroatoms. The Bertz CT molecular complexity index is 1100. The first-order chi connectivity index (χ1) is 17.5. The summed E-state index contributed by atoms with van der Waals surface area (Å²) in [5, 5.41) is 5.36. The number of urea groups is 1. The predicted octanol–water partition coefficient (Wildman–Crippen LogP) is 5.57. The normalized spacial score (nSPS) is 11.1. The number of halogens is 2. The van der Waals surface area contributed by atoms with Crippen molar-refractivity contribution in [2.75, 3.05) is 17.9 Å². The molecule has 0 spiro atoms. The van der Waals surface area contributed by atoms with Crippen LogP contribution >= 0.6 is 11.9 Å². The van der Waals surface area contributed by atoms with Crippen LogP contribution < -0.4 is 30.6 Å². The third-order valence-electron chi connectivity index (χ3n) is 4.79. The van der Waals surface area contributed by atoms with Crippen LogP contribution in [0.25, 0.3) is 5.70 Å². The Morgan fingerprint density at radius 1 is 0.944 bits per heavy atom. The van der Waals surface area contributed by atoms with E-state index < -0.39 is 5.76 Å². The number of alkyl halides is 2. The van der Waals surface area contributed by atoms with Gasteiger partial charge < -0.3 is 30.6 Å². The SMILES string of the molecule is N/C(=C\NC(=O)NCCCOc1ccccc1)c1ccc(OCc2ccc(NSC(F)F)cc2)cc1. The highest BCUT2D eigenvalue weighted by atomic mass is 32.2. The second kappa shape index (κ2) is 14.5. The summed E-state index contributed by atoms with van der Waals surface area (Å²) in [5.41, 5.74) is 8.67. The van der Waals surface area contributed by atoms with Crippen molar-refractivity contribution in [3.8, 4) is 11.5 Å². The Kier molecular flexibility index (Phi) is 10.7. The van der Waals surface area contributed by atoms with Crippen LogP contribution in [0.1, 0.15) is 17.5 Å². The number of para-hydroxylation sites is 1. The fourth-order valence-electron chi connectivity index (χ4n) is 2.95. The monoisotopic (exact) mass is 514 g/mol. The molecule has 0 unspecified atom stereocenters. The minimum absolute atomic E-state index is 0.324. The number of carbonyl (C=O) groups excluding carboxylic acids is 1. The average molecular weight is 515 g/mol. The van der Waals surface area contributed by atoms with Gasteiger partial charge in [-0.15, -0.1) is 0 Å². The molecule has 0 atom stereocenters. The van der Waals surface area contributed by atoms with E-state index in [2.05, 4.69) is 15.4 Å². The molecule has 0 aliphatic carbocycles. The second-order valence-electron chi connectivity index (χ2n) is 7.51. The highest BCUT2D eigenvalue weighted by Gasteiger charge is 2.04. The Balaban J connectivity index is 1.35. The molecule has 0 aromatic heterocycles. The zero-order valence-corrected chi connectivity index (χ0v) is 20.3. The zero-order chi connectivity index (χ0) is 25.6. The number of carbonyl (C=O) groups is 1. The molecular formula is C26H28F2N4O3S. The summed E-state index contributed by atoms with van der Waals surface area (Å²) >= 11 is 0.353. The molecule has 0 saturated carbocycles. The van der Waals surface area contributed by atoms with Gasteiger partial charge in [0.15, 0.2) is 0 Å². The fourth-order valence-corrected chi connectivity index (χ4v) is 3.31. The van der Waals surface area contributed by atoms with Crippen molar-refractivity contribution >= 4 is 29.4 Å². The van der Waals surface area contributed by atoms with Crippen LogP contribution in [-0.4, -0.2) is 24.9 Å². The third kappa shape index (κ3) is 9.75. The second-order valence-corrected chi connectivity index (χ2v) is 8.30. The maximum Gasteiger partial charge on any atom is 0.318 e. The molecule has 0 aliphatic heterocycles. The van der Waals surface area contributed by atoms with Crippen molar-refractivity contribution in [2.45, 2.75) is 18.8 Å². The smallest absolute Gasteiger partial charge is 0.318 e. The maximum atomic E-state index is 12.2. The molecule has 7 nitrogen and oxygen atoms in total. The molecule has 0 saturated heterocycles. The number of ether oxygens (including phenoxy) is 2. The van der Waals surface area contributed by atoms with Gasteiger partial charge in [-0.3, -0.25) is 0 Å². The lowest BCUT2D eigenvalue weighted by Crippen LogP contribution is -2.33. The third-order valence-corrected chi connectivity index (χ3v) is 5.32. The van der Waals surface area contributed by atoms with Crippen LogP contribution in [0.15, 0.2) is 85.1 Å². The molecule has 0 fully saturated rings. The minimum atomic E-state index is -2.48. The van der Waals surface area contributed by atoms with Crippen LogP contribution in [0.3, 0.4) is 0 Å². The van der Waals surface area contributed by atoms with Crippen molar-refractivity contribution in [2.24, 2.45) is 5.73 Å². The van der Waals surface area contributed by atoms with Gasteiger partial charge in [0.05, 0.1) is 12.3 Å². The standard InChI is InChI=1S/C26H28F2N4O3S/c27-25(28)36-32-21-11-7-19(8-12-21)18-35-23-13-9-20(10-14-23)24(29)17-31-26(33)30-15-4-16-34-22-5-2-1-3-6-22/h1-3,5-14,17,25,32H,4,15-16,18,29H2,(H2,30,31,33)/b24-17-. The number of rotatable bonds is 13. The lowest BCUT2D eigenvalue weighted by atomic mass is 10.1. The van der Waals surface area contributed by atoms with Crippen LogP contribution in [0.5, 0.6) is 11.5 Å².